The maximum absolute atomic E-state index is 11.9. The van der Waals surface area contributed by atoms with Crippen LogP contribution in [-0.4, -0.2) is 43.1 Å². The second kappa shape index (κ2) is 8.87. The zero-order valence-corrected chi connectivity index (χ0v) is 13.5. The van der Waals surface area contributed by atoms with Gasteiger partial charge in [0.05, 0.1) is 12.7 Å². The number of rotatable bonds is 7. The third kappa shape index (κ3) is 6.43. The molecule has 1 rings (SSSR count). The van der Waals surface area contributed by atoms with Crippen LogP contribution in [0.15, 0.2) is 30.3 Å². The van der Waals surface area contributed by atoms with Crippen molar-refractivity contribution in [3.63, 3.8) is 0 Å². The van der Waals surface area contributed by atoms with Gasteiger partial charge in [0, 0.05) is 13.1 Å². The van der Waals surface area contributed by atoms with Crippen LogP contribution in [0.1, 0.15) is 26.3 Å². The normalized spacial score (nSPS) is 10.8. The minimum absolute atomic E-state index is 0.0620. The molecule has 1 aromatic rings. The second-order valence-electron chi connectivity index (χ2n) is 5.07. The van der Waals surface area contributed by atoms with E-state index in [-0.39, 0.29) is 18.6 Å². The van der Waals surface area contributed by atoms with Gasteiger partial charge in [0.2, 0.25) is 5.91 Å². The lowest BCUT2D eigenvalue weighted by atomic mass is 10.2. The highest BCUT2D eigenvalue weighted by Gasteiger charge is 2.10. The first-order valence-corrected chi connectivity index (χ1v) is 7.28. The van der Waals surface area contributed by atoms with Crippen molar-refractivity contribution in [2.45, 2.75) is 26.9 Å². The number of ether oxygens (including phenoxy) is 2. The second-order valence-corrected chi connectivity index (χ2v) is 5.07. The minimum atomic E-state index is -0.418. The van der Waals surface area contributed by atoms with Crippen LogP contribution < -0.4 is 4.74 Å². The van der Waals surface area contributed by atoms with E-state index in [9.17, 15) is 9.59 Å². The summed E-state index contributed by atoms with van der Waals surface area (Å²) in [5, 5.41) is 0. The molecule has 0 aliphatic carbocycles. The molecule has 0 spiro atoms. The molecule has 0 unspecified atom stereocenters. The molecule has 1 aromatic carbocycles. The number of esters is 1. The summed E-state index contributed by atoms with van der Waals surface area (Å²) in [6.07, 6.45) is 3.21. The predicted molar refractivity (Wildman–Crippen MR) is 85.5 cm³/mol. The van der Waals surface area contributed by atoms with Crippen molar-refractivity contribution in [2.24, 2.45) is 0 Å². The first-order chi connectivity index (χ1) is 10.4. The van der Waals surface area contributed by atoms with Gasteiger partial charge in [-0.3, -0.25) is 9.59 Å². The number of hydrogen-bond donors (Lipinski definition) is 0. The van der Waals surface area contributed by atoms with Crippen LogP contribution in [0.3, 0.4) is 0 Å². The molecule has 0 aromatic heterocycles. The molecule has 0 saturated carbocycles. The SMILES string of the molecule is CCOC(=O)CN(C)C(=O)/C=C/c1cccc(OC(C)C)c1. The summed E-state index contributed by atoms with van der Waals surface area (Å²) in [5.41, 5.74) is 0.857. The summed E-state index contributed by atoms with van der Waals surface area (Å²) in [4.78, 5) is 24.6. The topological polar surface area (TPSA) is 55.8 Å². The Morgan fingerprint density at radius 1 is 1.32 bits per heavy atom. The minimum Gasteiger partial charge on any atom is -0.491 e. The molecule has 0 bridgehead atoms. The molecule has 22 heavy (non-hydrogen) atoms. The van der Waals surface area contributed by atoms with Crippen molar-refractivity contribution in [1.82, 2.24) is 4.90 Å². The Balaban J connectivity index is 2.63. The number of benzene rings is 1. The van der Waals surface area contributed by atoms with Gasteiger partial charge in [-0.2, -0.15) is 0 Å². The first-order valence-electron chi connectivity index (χ1n) is 7.28. The lowest BCUT2D eigenvalue weighted by Crippen LogP contribution is -2.31. The van der Waals surface area contributed by atoms with Crippen LogP contribution in [-0.2, 0) is 14.3 Å². The molecule has 0 aliphatic rings. The van der Waals surface area contributed by atoms with Gasteiger partial charge in [-0.1, -0.05) is 12.1 Å². The summed E-state index contributed by atoms with van der Waals surface area (Å²) in [7, 11) is 1.56. The first kappa shape index (κ1) is 17.8. The van der Waals surface area contributed by atoms with Crippen molar-refractivity contribution in [3.8, 4) is 5.75 Å². The molecule has 5 nitrogen and oxygen atoms in total. The van der Waals surface area contributed by atoms with Crippen LogP contribution in [0.4, 0.5) is 0 Å². The van der Waals surface area contributed by atoms with Crippen molar-refractivity contribution >= 4 is 18.0 Å². The molecule has 0 aliphatic heterocycles. The molecule has 0 heterocycles. The largest absolute Gasteiger partial charge is 0.491 e. The Labute approximate surface area is 131 Å². The van der Waals surface area contributed by atoms with Gasteiger partial charge < -0.3 is 14.4 Å². The van der Waals surface area contributed by atoms with E-state index >= 15 is 0 Å². The molecule has 0 atom stereocenters. The van der Waals surface area contributed by atoms with E-state index in [1.807, 2.05) is 38.1 Å². The summed E-state index contributed by atoms with van der Waals surface area (Å²) in [6, 6.07) is 7.47. The molecule has 0 radical (unpaired) electrons. The van der Waals surface area contributed by atoms with Gasteiger partial charge in [-0.05, 0) is 44.5 Å². The fourth-order valence-electron chi connectivity index (χ4n) is 1.74. The van der Waals surface area contributed by atoms with Crippen molar-refractivity contribution in [1.29, 1.82) is 0 Å². The molecule has 120 valence electrons. The van der Waals surface area contributed by atoms with Crippen molar-refractivity contribution in [2.75, 3.05) is 20.2 Å². The highest BCUT2D eigenvalue weighted by Crippen LogP contribution is 2.16. The Kier molecular flexibility index (Phi) is 7.16. The number of nitrogens with zero attached hydrogens (tertiary/aromatic N) is 1. The summed E-state index contributed by atoms with van der Waals surface area (Å²) < 4.78 is 10.4. The van der Waals surface area contributed by atoms with Crippen LogP contribution in [0.2, 0.25) is 0 Å². The van der Waals surface area contributed by atoms with Crippen LogP contribution >= 0.6 is 0 Å². The number of amides is 1. The maximum atomic E-state index is 11.9. The van der Waals surface area contributed by atoms with E-state index < -0.39 is 5.97 Å². The average Bonchev–Trinajstić information content (AvgIpc) is 2.44. The molecule has 1 amide bonds. The summed E-state index contributed by atoms with van der Waals surface area (Å²) >= 11 is 0. The Morgan fingerprint density at radius 3 is 2.68 bits per heavy atom. The van der Waals surface area contributed by atoms with Gasteiger partial charge in [-0.15, -0.1) is 0 Å². The fraction of sp³-hybridized carbons (Fsp3) is 0.412. The van der Waals surface area contributed by atoms with Gasteiger partial charge in [0.15, 0.2) is 0 Å². The highest BCUT2D eigenvalue weighted by molar-refractivity contribution is 5.93. The van der Waals surface area contributed by atoms with Crippen molar-refractivity contribution < 1.29 is 19.1 Å². The van der Waals surface area contributed by atoms with E-state index in [4.69, 9.17) is 9.47 Å². The van der Waals surface area contributed by atoms with E-state index in [0.29, 0.717) is 6.61 Å². The standard InChI is InChI=1S/C17H23NO4/c1-5-21-17(20)12-18(4)16(19)10-9-14-7-6-8-15(11-14)22-13(2)3/h6-11,13H,5,12H2,1-4H3/b10-9+. The predicted octanol–water partition coefficient (Wildman–Crippen LogP) is 2.51. The Morgan fingerprint density at radius 2 is 2.05 bits per heavy atom. The van der Waals surface area contributed by atoms with Crippen LogP contribution in [0.25, 0.3) is 6.08 Å². The zero-order chi connectivity index (χ0) is 16.5. The third-order valence-electron chi connectivity index (χ3n) is 2.70. The molecule has 0 N–H and O–H groups in total. The molecule has 0 fully saturated rings. The third-order valence-corrected chi connectivity index (χ3v) is 2.70. The number of likely N-dealkylation sites (N-methyl/N-ethyl adjacent to an activating group) is 1. The molecular weight excluding hydrogens is 282 g/mol. The highest BCUT2D eigenvalue weighted by atomic mass is 16.5. The molecule has 5 heteroatoms. The number of hydrogen-bond acceptors (Lipinski definition) is 4. The monoisotopic (exact) mass is 305 g/mol. The number of carbonyl (C=O) groups is 2. The van der Waals surface area contributed by atoms with Gasteiger partial charge in [0.25, 0.3) is 0 Å². The Bertz CT molecular complexity index is 537. The maximum Gasteiger partial charge on any atom is 0.325 e. The quantitative estimate of drug-likeness (QED) is 0.574. The smallest absolute Gasteiger partial charge is 0.325 e. The summed E-state index contributed by atoms with van der Waals surface area (Å²) in [6.45, 7) is 5.88. The van der Waals surface area contributed by atoms with Crippen molar-refractivity contribution in [3.05, 3.63) is 35.9 Å². The lowest BCUT2D eigenvalue weighted by molar-refractivity contribution is -0.146. The van der Waals surface area contributed by atoms with Crippen LogP contribution in [0, 0.1) is 0 Å². The molecule has 0 saturated heterocycles. The zero-order valence-electron chi connectivity index (χ0n) is 13.5. The van der Waals surface area contributed by atoms with E-state index in [1.54, 1.807) is 20.0 Å². The van der Waals surface area contributed by atoms with Gasteiger partial charge >= 0.3 is 5.97 Å². The van der Waals surface area contributed by atoms with Gasteiger partial charge in [-0.25, -0.2) is 0 Å². The van der Waals surface area contributed by atoms with E-state index in [0.717, 1.165) is 11.3 Å². The van der Waals surface area contributed by atoms with Crippen LogP contribution in [0.5, 0.6) is 5.75 Å². The van der Waals surface area contributed by atoms with Gasteiger partial charge in [0.1, 0.15) is 12.3 Å². The van der Waals surface area contributed by atoms with E-state index in [2.05, 4.69) is 0 Å². The lowest BCUT2D eigenvalue weighted by Gasteiger charge is -2.13. The molecular formula is C17H23NO4. The average molecular weight is 305 g/mol. The van der Waals surface area contributed by atoms with E-state index in [1.165, 1.54) is 11.0 Å². The number of carbonyl (C=O) groups excluding carboxylic acids is 2. The Hall–Kier alpha value is -2.30. The summed E-state index contributed by atoms with van der Waals surface area (Å²) in [5.74, 6) is 0.0757. The fourth-order valence-corrected chi connectivity index (χ4v) is 1.74.